The smallest absolute Gasteiger partial charge is 0.422 e. The topological polar surface area (TPSA) is 75.9 Å². The van der Waals surface area contributed by atoms with Crippen molar-refractivity contribution in [2.45, 2.75) is 13.1 Å². The Bertz CT molecular complexity index is 628. The van der Waals surface area contributed by atoms with Crippen LogP contribution >= 0.6 is 0 Å². The minimum Gasteiger partial charge on any atom is -0.482 e. The van der Waals surface area contributed by atoms with Gasteiger partial charge in [0.25, 0.3) is 5.69 Å². The second kappa shape index (κ2) is 6.93. The lowest BCUT2D eigenvalue weighted by Crippen LogP contribution is -2.48. The molecule has 0 aromatic heterocycles. The van der Waals surface area contributed by atoms with Gasteiger partial charge in [-0.15, -0.1) is 0 Å². The predicted octanol–water partition coefficient (Wildman–Crippen LogP) is 2.20. The Labute approximate surface area is 135 Å². The van der Waals surface area contributed by atoms with Crippen LogP contribution in [0, 0.1) is 10.1 Å². The third-order valence-corrected chi connectivity index (χ3v) is 3.61. The zero-order valence-electron chi connectivity index (χ0n) is 12.9. The van der Waals surface area contributed by atoms with E-state index in [0.29, 0.717) is 31.9 Å². The van der Waals surface area contributed by atoms with Crippen molar-refractivity contribution < 1.29 is 27.6 Å². The molecule has 1 heterocycles. The number of carbonyl (C=O) groups is 1. The van der Waals surface area contributed by atoms with Crippen LogP contribution in [-0.4, -0.2) is 54.7 Å². The summed E-state index contributed by atoms with van der Waals surface area (Å²) in [5.41, 5.74) is -0.00801. The maximum Gasteiger partial charge on any atom is 0.422 e. The second-order valence-electron chi connectivity index (χ2n) is 5.31. The summed E-state index contributed by atoms with van der Waals surface area (Å²) in [6, 6.07) is 3.57. The lowest BCUT2D eigenvalue weighted by molar-refractivity contribution is -0.384. The summed E-state index contributed by atoms with van der Waals surface area (Å²) in [4.78, 5) is 24.8. The second-order valence-corrected chi connectivity index (χ2v) is 5.31. The lowest BCUT2D eigenvalue weighted by Gasteiger charge is -2.36. The summed E-state index contributed by atoms with van der Waals surface area (Å²) >= 11 is 0. The van der Waals surface area contributed by atoms with Crippen LogP contribution in [0.2, 0.25) is 0 Å². The molecule has 1 fully saturated rings. The van der Waals surface area contributed by atoms with Crippen LogP contribution in [0.3, 0.4) is 0 Å². The van der Waals surface area contributed by atoms with Gasteiger partial charge in [-0.05, 0) is 6.07 Å². The minimum absolute atomic E-state index is 0.0769. The Morgan fingerprint density at radius 2 is 1.92 bits per heavy atom. The van der Waals surface area contributed by atoms with Gasteiger partial charge in [0, 0.05) is 39.2 Å². The van der Waals surface area contributed by atoms with Crippen LogP contribution in [-0.2, 0) is 4.79 Å². The number of non-ortho nitro benzene ring substituents is 1. The number of ether oxygens (including phenoxy) is 1. The maximum absolute atomic E-state index is 12.4. The van der Waals surface area contributed by atoms with Crippen LogP contribution in [0.15, 0.2) is 18.2 Å². The molecule has 1 aliphatic rings. The highest BCUT2D eigenvalue weighted by Gasteiger charge is 2.30. The molecule has 1 amide bonds. The average molecular weight is 347 g/mol. The molecule has 2 rings (SSSR count). The maximum atomic E-state index is 12.4. The lowest BCUT2D eigenvalue weighted by atomic mass is 10.2. The zero-order valence-corrected chi connectivity index (χ0v) is 12.9. The molecule has 132 valence electrons. The number of amides is 1. The van der Waals surface area contributed by atoms with E-state index in [4.69, 9.17) is 4.74 Å². The Morgan fingerprint density at radius 1 is 1.29 bits per heavy atom. The number of benzene rings is 1. The molecular formula is C14H16F3N3O4. The fraction of sp³-hybridized carbons (Fsp3) is 0.500. The number of rotatable bonds is 4. The number of nitro groups is 1. The van der Waals surface area contributed by atoms with Crippen molar-refractivity contribution in [2.75, 3.05) is 37.7 Å². The van der Waals surface area contributed by atoms with E-state index in [1.54, 1.807) is 9.80 Å². The SMILES string of the molecule is CC(=O)N1CCN(c2ccc([N+](=O)[O-])cc2OCC(F)(F)F)CC1. The Balaban J connectivity index is 2.21. The van der Waals surface area contributed by atoms with E-state index in [-0.39, 0.29) is 17.3 Å². The average Bonchev–Trinajstić information content (AvgIpc) is 2.52. The van der Waals surface area contributed by atoms with E-state index in [9.17, 15) is 28.1 Å². The van der Waals surface area contributed by atoms with Crippen LogP contribution in [0.25, 0.3) is 0 Å². The fourth-order valence-corrected chi connectivity index (χ4v) is 2.42. The van der Waals surface area contributed by atoms with Gasteiger partial charge < -0.3 is 14.5 Å². The number of alkyl halides is 3. The normalized spacial score (nSPS) is 15.3. The van der Waals surface area contributed by atoms with Gasteiger partial charge in [0.05, 0.1) is 16.7 Å². The van der Waals surface area contributed by atoms with E-state index >= 15 is 0 Å². The fourth-order valence-electron chi connectivity index (χ4n) is 2.42. The number of piperazine rings is 1. The minimum atomic E-state index is -4.55. The molecule has 0 spiro atoms. The number of nitrogens with zero attached hydrogens (tertiary/aromatic N) is 3. The van der Waals surface area contributed by atoms with Gasteiger partial charge >= 0.3 is 6.18 Å². The molecule has 0 aliphatic carbocycles. The molecule has 7 nitrogen and oxygen atoms in total. The summed E-state index contributed by atoms with van der Waals surface area (Å²) in [6.45, 7) is 1.56. The summed E-state index contributed by atoms with van der Waals surface area (Å²) in [7, 11) is 0. The highest BCUT2D eigenvalue weighted by Crippen LogP contribution is 2.34. The molecule has 1 aromatic rings. The largest absolute Gasteiger partial charge is 0.482 e. The van der Waals surface area contributed by atoms with Crippen molar-refractivity contribution >= 4 is 17.3 Å². The molecule has 1 aromatic carbocycles. The first kappa shape index (κ1) is 17.8. The van der Waals surface area contributed by atoms with Crippen LogP contribution in [0.4, 0.5) is 24.5 Å². The van der Waals surface area contributed by atoms with Gasteiger partial charge in [-0.3, -0.25) is 14.9 Å². The van der Waals surface area contributed by atoms with Gasteiger partial charge in [0.2, 0.25) is 5.91 Å². The summed E-state index contributed by atoms with van der Waals surface area (Å²) in [6.07, 6.45) is -4.55. The van der Waals surface area contributed by atoms with E-state index in [1.165, 1.54) is 19.1 Å². The number of carbonyl (C=O) groups excluding carboxylic acids is 1. The summed E-state index contributed by atoms with van der Waals surface area (Å²) in [5, 5.41) is 10.8. The number of halogens is 3. The molecule has 1 saturated heterocycles. The molecule has 0 saturated carbocycles. The molecule has 0 unspecified atom stereocenters. The molecule has 10 heteroatoms. The van der Waals surface area contributed by atoms with Gasteiger partial charge in [-0.25, -0.2) is 0 Å². The van der Waals surface area contributed by atoms with E-state index in [2.05, 4.69) is 0 Å². The first-order valence-corrected chi connectivity index (χ1v) is 7.16. The van der Waals surface area contributed by atoms with Crippen LogP contribution in [0.5, 0.6) is 5.75 Å². The van der Waals surface area contributed by atoms with Crippen molar-refractivity contribution in [3.63, 3.8) is 0 Å². The van der Waals surface area contributed by atoms with Crippen molar-refractivity contribution in [1.82, 2.24) is 4.90 Å². The van der Waals surface area contributed by atoms with Crippen molar-refractivity contribution in [2.24, 2.45) is 0 Å². The Kier molecular flexibility index (Phi) is 5.15. The molecule has 1 aliphatic heterocycles. The quantitative estimate of drug-likeness (QED) is 0.617. The Morgan fingerprint density at radius 3 is 2.42 bits per heavy atom. The first-order chi connectivity index (χ1) is 11.2. The van der Waals surface area contributed by atoms with Crippen molar-refractivity contribution in [3.05, 3.63) is 28.3 Å². The van der Waals surface area contributed by atoms with E-state index < -0.39 is 17.7 Å². The zero-order chi connectivity index (χ0) is 17.9. The molecular weight excluding hydrogens is 331 g/mol. The van der Waals surface area contributed by atoms with E-state index in [1.807, 2.05) is 0 Å². The highest BCUT2D eigenvalue weighted by molar-refractivity contribution is 5.73. The number of hydrogen-bond donors (Lipinski definition) is 0. The van der Waals surface area contributed by atoms with Crippen molar-refractivity contribution in [1.29, 1.82) is 0 Å². The van der Waals surface area contributed by atoms with Gasteiger partial charge in [-0.2, -0.15) is 13.2 Å². The standard InChI is InChI=1S/C14H16F3N3O4/c1-10(21)18-4-6-19(7-5-18)12-3-2-11(20(22)23)8-13(12)24-9-14(15,16)17/h2-3,8H,4-7,9H2,1H3. The van der Waals surface area contributed by atoms with Gasteiger partial charge in [0.1, 0.15) is 5.75 Å². The summed E-state index contributed by atoms with van der Waals surface area (Å²) < 4.78 is 42.0. The van der Waals surface area contributed by atoms with E-state index in [0.717, 1.165) is 6.07 Å². The Hall–Kier alpha value is -2.52. The molecule has 0 N–H and O–H groups in total. The van der Waals surface area contributed by atoms with Crippen molar-refractivity contribution in [3.8, 4) is 5.75 Å². The number of anilines is 1. The first-order valence-electron chi connectivity index (χ1n) is 7.16. The molecule has 0 radical (unpaired) electrons. The van der Waals surface area contributed by atoms with Gasteiger partial charge in [-0.1, -0.05) is 0 Å². The number of nitro benzene ring substituents is 1. The predicted molar refractivity (Wildman–Crippen MR) is 79.1 cm³/mol. The molecule has 0 bridgehead atoms. The monoisotopic (exact) mass is 347 g/mol. The molecule has 24 heavy (non-hydrogen) atoms. The van der Waals surface area contributed by atoms with Gasteiger partial charge in [0.15, 0.2) is 6.61 Å². The highest BCUT2D eigenvalue weighted by atomic mass is 19.4. The van der Waals surface area contributed by atoms with Crippen LogP contribution in [0.1, 0.15) is 6.92 Å². The molecule has 0 atom stereocenters. The third kappa shape index (κ3) is 4.49. The summed E-state index contributed by atoms with van der Waals surface area (Å²) in [5.74, 6) is -0.273. The van der Waals surface area contributed by atoms with Crippen LogP contribution < -0.4 is 9.64 Å². The third-order valence-electron chi connectivity index (χ3n) is 3.61. The number of hydrogen-bond acceptors (Lipinski definition) is 5.